The Morgan fingerprint density at radius 3 is 2.81 bits per heavy atom. The molecule has 21 heavy (non-hydrogen) atoms. The topological polar surface area (TPSA) is 46.3 Å². The average Bonchev–Trinajstić information content (AvgIpc) is 3.20. The van der Waals surface area contributed by atoms with Gasteiger partial charge in [0.05, 0.1) is 24.9 Å². The molecule has 0 atom stereocenters. The van der Waals surface area contributed by atoms with E-state index in [0.29, 0.717) is 18.7 Å². The number of rotatable bonds is 5. The van der Waals surface area contributed by atoms with E-state index in [1.807, 2.05) is 29.6 Å². The summed E-state index contributed by atoms with van der Waals surface area (Å²) >= 11 is 1.64. The molecule has 0 aliphatic heterocycles. The van der Waals surface area contributed by atoms with E-state index in [1.165, 1.54) is 0 Å². The molecule has 0 N–H and O–H groups in total. The Bertz CT molecular complexity index is 642. The molecule has 0 aromatic carbocycles. The molecule has 0 radical (unpaired) electrons. The number of carbonyl (C=O) groups is 1. The second-order valence-corrected chi connectivity index (χ2v) is 5.59. The van der Waals surface area contributed by atoms with Gasteiger partial charge in [0.1, 0.15) is 5.76 Å². The minimum Gasteiger partial charge on any atom is -0.467 e. The van der Waals surface area contributed by atoms with Gasteiger partial charge in [-0.2, -0.15) is 0 Å². The van der Waals surface area contributed by atoms with E-state index >= 15 is 0 Å². The summed E-state index contributed by atoms with van der Waals surface area (Å²) in [4.78, 5) is 19.6. The van der Waals surface area contributed by atoms with Crippen molar-refractivity contribution in [2.75, 3.05) is 0 Å². The van der Waals surface area contributed by atoms with Crippen molar-refractivity contribution in [3.8, 4) is 0 Å². The van der Waals surface area contributed by atoms with Crippen LogP contribution in [0.5, 0.6) is 0 Å². The second-order valence-electron chi connectivity index (χ2n) is 4.56. The number of amides is 1. The Labute approximate surface area is 126 Å². The van der Waals surface area contributed by atoms with Crippen LogP contribution in [0.25, 0.3) is 0 Å². The summed E-state index contributed by atoms with van der Waals surface area (Å²) in [5.74, 6) is 0.719. The number of carbonyl (C=O) groups excluding carboxylic acids is 1. The van der Waals surface area contributed by atoms with Crippen molar-refractivity contribution in [3.63, 3.8) is 0 Å². The smallest absolute Gasteiger partial charge is 0.256 e. The SMILES string of the molecule is O=C(c1cccnc1)N(Cc1ccco1)Cc1cccs1. The van der Waals surface area contributed by atoms with Gasteiger partial charge in [0.2, 0.25) is 0 Å². The van der Waals surface area contributed by atoms with Gasteiger partial charge in [-0.05, 0) is 35.7 Å². The molecule has 0 saturated heterocycles. The van der Waals surface area contributed by atoms with E-state index in [1.54, 1.807) is 47.0 Å². The molecule has 0 aliphatic rings. The van der Waals surface area contributed by atoms with E-state index in [2.05, 4.69) is 4.98 Å². The normalized spacial score (nSPS) is 10.5. The number of aromatic nitrogens is 1. The molecule has 0 spiro atoms. The summed E-state index contributed by atoms with van der Waals surface area (Å²) < 4.78 is 5.36. The lowest BCUT2D eigenvalue weighted by molar-refractivity contribution is 0.0719. The predicted octanol–water partition coefficient (Wildman–Crippen LogP) is 3.58. The van der Waals surface area contributed by atoms with E-state index in [4.69, 9.17) is 4.42 Å². The third kappa shape index (κ3) is 3.38. The van der Waals surface area contributed by atoms with Crippen LogP contribution in [0.1, 0.15) is 21.0 Å². The Kier molecular flexibility index (Phi) is 4.12. The van der Waals surface area contributed by atoms with Crippen molar-refractivity contribution >= 4 is 17.2 Å². The van der Waals surface area contributed by atoms with Crippen LogP contribution in [-0.4, -0.2) is 15.8 Å². The minimum atomic E-state index is -0.0482. The van der Waals surface area contributed by atoms with Crippen molar-refractivity contribution in [2.45, 2.75) is 13.1 Å². The number of thiophene rings is 1. The van der Waals surface area contributed by atoms with Crippen LogP contribution in [0.4, 0.5) is 0 Å². The molecule has 106 valence electrons. The molecular formula is C16H14N2O2S. The molecule has 3 heterocycles. The van der Waals surface area contributed by atoms with Gasteiger partial charge in [0.15, 0.2) is 0 Å². The zero-order chi connectivity index (χ0) is 14.5. The highest BCUT2D eigenvalue weighted by Crippen LogP contribution is 2.17. The van der Waals surface area contributed by atoms with Gasteiger partial charge in [-0.25, -0.2) is 0 Å². The molecule has 3 rings (SSSR count). The Morgan fingerprint density at radius 2 is 2.14 bits per heavy atom. The highest BCUT2D eigenvalue weighted by Gasteiger charge is 2.18. The first-order chi connectivity index (χ1) is 10.3. The molecule has 4 nitrogen and oxygen atoms in total. The fourth-order valence-electron chi connectivity index (χ4n) is 2.05. The highest BCUT2D eigenvalue weighted by molar-refractivity contribution is 7.09. The number of pyridine rings is 1. The van der Waals surface area contributed by atoms with Crippen LogP contribution in [0, 0.1) is 0 Å². The van der Waals surface area contributed by atoms with E-state index in [9.17, 15) is 4.79 Å². The zero-order valence-electron chi connectivity index (χ0n) is 11.3. The molecule has 3 aromatic rings. The van der Waals surface area contributed by atoms with Crippen LogP contribution >= 0.6 is 11.3 Å². The lowest BCUT2D eigenvalue weighted by atomic mass is 10.2. The maximum atomic E-state index is 12.6. The van der Waals surface area contributed by atoms with Gasteiger partial charge < -0.3 is 9.32 Å². The summed E-state index contributed by atoms with van der Waals surface area (Å²) in [6, 6.07) is 11.3. The van der Waals surface area contributed by atoms with Crippen molar-refractivity contribution in [1.29, 1.82) is 0 Å². The highest BCUT2D eigenvalue weighted by atomic mass is 32.1. The summed E-state index contributed by atoms with van der Waals surface area (Å²) in [5, 5.41) is 2.01. The maximum Gasteiger partial charge on any atom is 0.256 e. The van der Waals surface area contributed by atoms with Crippen LogP contribution in [0.2, 0.25) is 0 Å². The van der Waals surface area contributed by atoms with Gasteiger partial charge in [-0.1, -0.05) is 6.07 Å². The minimum absolute atomic E-state index is 0.0482. The maximum absolute atomic E-state index is 12.6. The third-order valence-corrected chi connectivity index (χ3v) is 3.91. The molecule has 0 unspecified atom stereocenters. The van der Waals surface area contributed by atoms with Crippen molar-refractivity contribution in [3.05, 3.63) is 76.6 Å². The van der Waals surface area contributed by atoms with E-state index in [0.717, 1.165) is 10.6 Å². The second kappa shape index (κ2) is 6.37. The number of nitrogens with zero attached hydrogens (tertiary/aromatic N) is 2. The molecule has 0 aliphatic carbocycles. The summed E-state index contributed by atoms with van der Waals surface area (Å²) in [7, 11) is 0. The van der Waals surface area contributed by atoms with Gasteiger partial charge in [-0.3, -0.25) is 9.78 Å². The standard InChI is InChI=1S/C16H14N2O2S/c19-16(13-4-1-7-17-10-13)18(11-14-5-2-8-20-14)12-15-6-3-9-21-15/h1-10H,11-12H2. The number of hydrogen-bond donors (Lipinski definition) is 0. The average molecular weight is 298 g/mol. The van der Waals surface area contributed by atoms with Crippen LogP contribution in [0.15, 0.2) is 64.9 Å². The molecule has 0 fully saturated rings. The van der Waals surface area contributed by atoms with Gasteiger partial charge in [-0.15, -0.1) is 11.3 Å². The molecular weight excluding hydrogens is 284 g/mol. The number of hydrogen-bond acceptors (Lipinski definition) is 4. The predicted molar refractivity (Wildman–Crippen MR) is 80.8 cm³/mol. The van der Waals surface area contributed by atoms with Crippen LogP contribution in [0.3, 0.4) is 0 Å². The first kappa shape index (κ1) is 13.6. The largest absolute Gasteiger partial charge is 0.467 e. The molecule has 1 amide bonds. The summed E-state index contributed by atoms with van der Waals surface area (Å²) in [6.07, 6.45) is 4.87. The van der Waals surface area contributed by atoms with Gasteiger partial charge in [0.25, 0.3) is 5.91 Å². The van der Waals surface area contributed by atoms with Gasteiger partial charge >= 0.3 is 0 Å². The molecule has 0 saturated carbocycles. The fourth-order valence-corrected chi connectivity index (χ4v) is 2.77. The van der Waals surface area contributed by atoms with Crippen molar-refractivity contribution < 1.29 is 9.21 Å². The van der Waals surface area contributed by atoms with E-state index < -0.39 is 0 Å². The van der Waals surface area contributed by atoms with Crippen molar-refractivity contribution in [2.24, 2.45) is 0 Å². The Hall–Kier alpha value is -2.40. The molecule has 5 heteroatoms. The summed E-state index contributed by atoms with van der Waals surface area (Å²) in [6.45, 7) is 1.00. The van der Waals surface area contributed by atoms with E-state index in [-0.39, 0.29) is 5.91 Å². The number of furan rings is 1. The Balaban J connectivity index is 1.82. The molecule has 0 bridgehead atoms. The molecule has 3 aromatic heterocycles. The van der Waals surface area contributed by atoms with Crippen LogP contribution < -0.4 is 0 Å². The summed E-state index contributed by atoms with van der Waals surface area (Å²) in [5.41, 5.74) is 0.584. The fraction of sp³-hybridized carbons (Fsp3) is 0.125. The van der Waals surface area contributed by atoms with Crippen LogP contribution in [-0.2, 0) is 13.1 Å². The first-order valence-corrected chi connectivity index (χ1v) is 7.45. The van der Waals surface area contributed by atoms with Crippen molar-refractivity contribution in [1.82, 2.24) is 9.88 Å². The lowest BCUT2D eigenvalue weighted by Gasteiger charge is -2.21. The first-order valence-electron chi connectivity index (χ1n) is 6.57. The zero-order valence-corrected chi connectivity index (χ0v) is 12.1. The monoisotopic (exact) mass is 298 g/mol. The quantitative estimate of drug-likeness (QED) is 0.723. The lowest BCUT2D eigenvalue weighted by Crippen LogP contribution is -2.29. The van der Waals surface area contributed by atoms with Gasteiger partial charge in [0, 0.05) is 17.3 Å². The Morgan fingerprint density at radius 1 is 1.19 bits per heavy atom. The third-order valence-electron chi connectivity index (χ3n) is 3.05.